The number of likely N-dealkylation sites (tertiary alicyclic amines) is 1. The van der Waals surface area contributed by atoms with E-state index in [-0.39, 0.29) is 12.6 Å². The van der Waals surface area contributed by atoms with Crippen LogP contribution in [0.4, 0.5) is 11.8 Å². The van der Waals surface area contributed by atoms with Gasteiger partial charge in [-0.1, -0.05) is 29.3 Å². The van der Waals surface area contributed by atoms with Crippen molar-refractivity contribution in [2.24, 2.45) is 18.9 Å². The Bertz CT molecular complexity index is 1230. The van der Waals surface area contributed by atoms with Gasteiger partial charge in [0.1, 0.15) is 5.52 Å². The molecule has 2 saturated heterocycles. The molecular weight excluding hydrogens is 513 g/mol. The molecule has 4 heterocycles. The molecule has 37 heavy (non-hydrogen) atoms. The molecule has 0 saturated carbocycles. The summed E-state index contributed by atoms with van der Waals surface area (Å²) in [7, 11) is 1.89. The van der Waals surface area contributed by atoms with Gasteiger partial charge in [-0.3, -0.25) is 4.68 Å². The molecule has 2 aliphatic heterocycles. The zero-order valence-corrected chi connectivity index (χ0v) is 22.8. The van der Waals surface area contributed by atoms with Crippen molar-refractivity contribution in [1.82, 2.24) is 24.6 Å². The summed E-state index contributed by atoms with van der Waals surface area (Å²) in [6.45, 7) is 6.55. The molecule has 3 N–H and O–H groups in total. The number of aliphatic hydroxyl groups excluding tert-OH is 2. The van der Waals surface area contributed by atoms with Crippen LogP contribution < -0.4 is 10.2 Å². The van der Waals surface area contributed by atoms with Crippen LogP contribution in [-0.2, 0) is 7.05 Å². The van der Waals surface area contributed by atoms with E-state index in [2.05, 4.69) is 20.2 Å². The van der Waals surface area contributed by atoms with Crippen LogP contribution in [0.15, 0.2) is 24.4 Å². The third kappa shape index (κ3) is 5.96. The Hall–Kier alpha value is -2.17. The lowest BCUT2D eigenvalue weighted by atomic mass is 9.80. The van der Waals surface area contributed by atoms with E-state index in [1.807, 2.05) is 32.3 Å². The number of hydrogen-bond donors (Lipinski definition) is 3. The van der Waals surface area contributed by atoms with Crippen LogP contribution >= 0.6 is 23.2 Å². The number of aromatic nitrogens is 4. The van der Waals surface area contributed by atoms with Gasteiger partial charge >= 0.3 is 0 Å². The number of aryl methyl sites for hydroxylation is 1. The second kappa shape index (κ2) is 11.3. The summed E-state index contributed by atoms with van der Waals surface area (Å²) in [5.74, 6) is 2.57. The first-order valence-electron chi connectivity index (χ1n) is 13.0. The van der Waals surface area contributed by atoms with Crippen LogP contribution in [0.2, 0.25) is 10.0 Å². The molecule has 5 rings (SSSR count). The Morgan fingerprint density at radius 1 is 1.16 bits per heavy atom. The highest BCUT2D eigenvalue weighted by Gasteiger charge is 2.37. The number of anilines is 2. The Morgan fingerprint density at radius 2 is 1.97 bits per heavy atom. The second-order valence-electron chi connectivity index (χ2n) is 10.4. The number of halogens is 2. The van der Waals surface area contributed by atoms with Crippen LogP contribution in [0.25, 0.3) is 11.0 Å². The highest BCUT2D eigenvalue weighted by atomic mass is 35.5. The molecule has 200 valence electrons. The smallest absolute Gasteiger partial charge is 0.228 e. The molecule has 0 radical (unpaired) electrons. The van der Waals surface area contributed by atoms with Crippen LogP contribution in [-0.4, -0.2) is 80.3 Å². The first kappa shape index (κ1) is 26.4. The molecule has 2 fully saturated rings. The van der Waals surface area contributed by atoms with Crippen LogP contribution in [0.3, 0.4) is 0 Å². The highest BCUT2D eigenvalue weighted by molar-refractivity contribution is 6.35. The summed E-state index contributed by atoms with van der Waals surface area (Å²) in [5, 5.41) is 28.5. The first-order valence-corrected chi connectivity index (χ1v) is 13.8. The molecule has 0 spiro atoms. The van der Waals surface area contributed by atoms with Crippen LogP contribution in [0.1, 0.15) is 37.8 Å². The van der Waals surface area contributed by atoms with Crippen molar-refractivity contribution in [3.63, 3.8) is 0 Å². The maximum Gasteiger partial charge on any atom is 0.228 e. The zero-order valence-electron chi connectivity index (χ0n) is 21.3. The molecule has 0 unspecified atom stereocenters. The number of nitrogens with zero attached hydrogens (tertiary/aromatic N) is 6. The van der Waals surface area contributed by atoms with Crippen molar-refractivity contribution in [1.29, 1.82) is 0 Å². The van der Waals surface area contributed by atoms with Gasteiger partial charge in [-0.15, -0.1) is 0 Å². The first-order chi connectivity index (χ1) is 17.8. The van der Waals surface area contributed by atoms with Crippen LogP contribution in [0.5, 0.6) is 0 Å². The van der Waals surface area contributed by atoms with E-state index < -0.39 is 6.10 Å². The van der Waals surface area contributed by atoms with Crippen LogP contribution in [0, 0.1) is 11.8 Å². The maximum atomic E-state index is 10.1. The number of fused-ring (bicyclic) bond motifs is 1. The third-order valence-electron chi connectivity index (χ3n) is 7.58. The van der Waals surface area contributed by atoms with E-state index in [1.54, 1.807) is 10.7 Å². The number of aliphatic hydroxyl groups is 2. The summed E-state index contributed by atoms with van der Waals surface area (Å²) < 4.78 is 1.76. The number of benzene rings is 1. The fourth-order valence-corrected chi connectivity index (χ4v) is 6.12. The van der Waals surface area contributed by atoms with E-state index in [4.69, 9.17) is 38.3 Å². The Morgan fingerprint density at radius 3 is 2.73 bits per heavy atom. The molecule has 3 aromatic rings. The van der Waals surface area contributed by atoms with Gasteiger partial charge in [-0.05, 0) is 62.3 Å². The van der Waals surface area contributed by atoms with E-state index in [9.17, 15) is 5.11 Å². The fourth-order valence-electron chi connectivity index (χ4n) is 5.54. The SMILES string of the molecule is C[C@@H](Nc1nc(N2CC([C@H]3CCCN(C[C@@H](O)CCO)C3)C2)nc2cn(C)nc12)c1ccc(Cl)cc1Cl. The van der Waals surface area contributed by atoms with Crippen molar-refractivity contribution in [3.05, 3.63) is 40.0 Å². The molecule has 2 aliphatic rings. The summed E-state index contributed by atoms with van der Waals surface area (Å²) in [6, 6.07) is 5.41. The van der Waals surface area contributed by atoms with E-state index in [0.717, 1.165) is 49.2 Å². The van der Waals surface area contributed by atoms with Gasteiger partial charge in [0.25, 0.3) is 0 Å². The van der Waals surface area contributed by atoms with Gasteiger partial charge in [-0.2, -0.15) is 10.1 Å². The summed E-state index contributed by atoms with van der Waals surface area (Å²) >= 11 is 12.5. The number of β-amino-alcohol motifs (C(OH)–C–C–N with tert-alkyl or cyclic N) is 1. The predicted molar refractivity (Wildman–Crippen MR) is 147 cm³/mol. The van der Waals surface area contributed by atoms with Gasteiger partial charge in [-0.25, -0.2) is 4.98 Å². The van der Waals surface area contributed by atoms with Crippen molar-refractivity contribution < 1.29 is 10.2 Å². The molecule has 9 nitrogen and oxygen atoms in total. The van der Waals surface area contributed by atoms with Gasteiger partial charge < -0.3 is 25.3 Å². The highest BCUT2D eigenvalue weighted by Crippen LogP contribution is 2.35. The lowest BCUT2D eigenvalue weighted by molar-refractivity contribution is 0.0529. The lowest BCUT2D eigenvalue weighted by Gasteiger charge is -2.46. The van der Waals surface area contributed by atoms with E-state index >= 15 is 0 Å². The standard InChI is InChI=1S/C26H35Cl2N7O2/c1-16(21-6-5-19(27)10-22(21)28)29-25-24-23(15-33(2)32-24)30-26(31-25)35-12-18(13-35)17-4-3-8-34(11-17)14-20(37)7-9-36/h5-6,10,15-18,20,36-37H,3-4,7-9,11-14H2,1-2H3,(H,29,30,31)/t16-,17+,20+/m1/s1. The summed E-state index contributed by atoms with van der Waals surface area (Å²) in [4.78, 5) is 14.3. The van der Waals surface area contributed by atoms with Crippen molar-refractivity contribution >= 4 is 46.0 Å². The average Bonchev–Trinajstić information content (AvgIpc) is 3.19. The molecule has 0 aliphatic carbocycles. The van der Waals surface area contributed by atoms with E-state index in [1.165, 1.54) is 6.42 Å². The Labute approximate surface area is 227 Å². The third-order valence-corrected chi connectivity index (χ3v) is 8.14. The molecule has 3 atom stereocenters. The Balaban J connectivity index is 1.28. The predicted octanol–water partition coefficient (Wildman–Crippen LogP) is 3.73. The molecular formula is C26H35Cl2N7O2. The van der Waals surface area contributed by atoms with Gasteiger partial charge in [0.2, 0.25) is 5.95 Å². The average molecular weight is 549 g/mol. The van der Waals surface area contributed by atoms with Crippen molar-refractivity contribution in [2.75, 3.05) is 49.5 Å². The fraction of sp³-hybridized carbons (Fsp3) is 0.577. The summed E-state index contributed by atoms with van der Waals surface area (Å²) in [5.41, 5.74) is 2.46. The normalized spacial score (nSPS) is 20.7. The molecule has 0 bridgehead atoms. The molecule has 1 aromatic carbocycles. The number of rotatable bonds is 9. The summed E-state index contributed by atoms with van der Waals surface area (Å²) in [6.07, 6.45) is 4.24. The molecule has 2 aromatic heterocycles. The van der Waals surface area contributed by atoms with Crippen molar-refractivity contribution in [2.45, 2.75) is 38.3 Å². The van der Waals surface area contributed by atoms with Gasteiger partial charge in [0, 0.05) is 49.9 Å². The minimum absolute atomic E-state index is 0.0274. The Kier molecular flexibility index (Phi) is 8.07. The topological polar surface area (TPSA) is 103 Å². The minimum Gasteiger partial charge on any atom is -0.396 e. The molecule has 11 heteroatoms. The monoisotopic (exact) mass is 547 g/mol. The lowest BCUT2D eigenvalue weighted by Crippen LogP contribution is -2.54. The number of piperidine rings is 1. The van der Waals surface area contributed by atoms with E-state index in [0.29, 0.717) is 46.6 Å². The number of hydrogen-bond acceptors (Lipinski definition) is 8. The van der Waals surface area contributed by atoms with Gasteiger partial charge in [0.15, 0.2) is 11.3 Å². The second-order valence-corrected chi connectivity index (χ2v) is 11.3. The quantitative estimate of drug-likeness (QED) is 0.372. The number of nitrogens with one attached hydrogen (secondary N) is 1. The largest absolute Gasteiger partial charge is 0.396 e. The van der Waals surface area contributed by atoms with Crippen molar-refractivity contribution in [3.8, 4) is 0 Å². The molecule has 0 amide bonds. The minimum atomic E-state index is -0.461. The maximum absolute atomic E-state index is 10.1. The zero-order chi connectivity index (χ0) is 26.1. The van der Waals surface area contributed by atoms with Gasteiger partial charge in [0.05, 0.1) is 18.3 Å².